The second kappa shape index (κ2) is 7.62. The van der Waals surface area contributed by atoms with E-state index in [0.717, 1.165) is 22.9 Å². The molecule has 102 valence electrons. The summed E-state index contributed by atoms with van der Waals surface area (Å²) in [7, 11) is 0. The summed E-state index contributed by atoms with van der Waals surface area (Å²) in [6.45, 7) is 0.516. The van der Waals surface area contributed by atoms with Gasteiger partial charge in [-0.25, -0.2) is 0 Å². The van der Waals surface area contributed by atoms with E-state index in [1.165, 1.54) is 0 Å². The Morgan fingerprint density at radius 2 is 2.11 bits per heavy atom. The molecule has 0 saturated heterocycles. The van der Waals surface area contributed by atoms with Crippen molar-refractivity contribution in [3.63, 3.8) is 0 Å². The van der Waals surface area contributed by atoms with Crippen LogP contribution in [-0.2, 0) is 5.75 Å². The molecule has 0 fully saturated rings. The molecule has 19 heavy (non-hydrogen) atoms. The number of imidazole rings is 1. The van der Waals surface area contributed by atoms with Gasteiger partial charge in [0.15, 0.2) is 4.77 Å². The molecule has 1 aromatic carbocycles. The lowest BCUT2D eigenvalue weighted by atomic mass is 10.3. The zero-order chi connectivity index (χ0) is 13.5. The highest BCUT2D eigenvalue weighted by Crippen LogP contribution is 2.15. The van der Waals surface area contributed by atoms with Crippen LogP contribution in [0.5, 0.6) is 5.75 Å². The predicted octanol–water partition coefficient (Wildman–Crippen LogP) is 3.99. The second-order valence-corrected chi connectivity index (χ2v) is 6.06. The van der Waals surface area contributed by atoms with Crippen LogP contribution in [0, 0.1) is 4.77 Å². The maximum Gasteiger partial charge on any atom is 0.174 e. The number of hydrogen-bond acceptors (Lipinski definition) is 3. The first-order chi connectivity index (χ1) is 9.24. The van der Waals surface area contributed by atoms with E-state index in [0.29, 0.717) is 11.4 Å². The van der Waals surface area contributed by atoms with Crippen LogP contribution in [0.15, 0.2) is 36.5 Å². The molecule has 3 nitrogen and oxygen atoms in total. The van der Waals surface area contributed by atoms with Crippen LogP contribution in [0.25, 0.3) is 0 Å². The summed E-state index contributed by atoms with van der Waals surface area (Å²) in [6.07, 6.45) is 1.89. The van der Waals surface area contributed by atoms with Crippen molar-refractivity contribution in [1.29, 1.82) is 0 Å². The molecule has 2 rings (SSSR count). The Balaban J connectivity index is 1.64. The lowest BCUT2D eigenvalue weighted by molar-refractivity contribution is 0.321. The topological polar surface area (TPSA) is 40.8 Å². The summed E-state index contributed by atoms with van der Waals surface area (Å²) in [6, 6.07) is 9.71. The largest absolute Gasteiger partial charge is 0.492 e. The molecule has 0 aliphatic rings. The van der Waals surface area contributed by atoms with Crippen molar-refractivity contribution in [2.24, 2.45) is 0 Å². The van der Waals surface area contributed by atoms with Crippen molar-refractivity contribution in [2.45, 2.75) is 11.1 Å². The third-order valence-electron chi connectivity index (χ3n) is 2.38. The molecule has 1 aromatic heterocycles. The monoisotopic (exact) mass is 314 g/mol. The van der Waals surface area contributed by atoms with Crippen molar-refractivity contribution >= 4 is 35.6 Å². The van der Waals surface area contributed by atoms with Crippen LogP contribution in [0.1, 0.15) is 5.69 Å². The lowest BCUT2D eigenvalue weighted by Gasteiger charge is -2.10. The highest BCUT2D eigenvalue weighted by atomic mass is 35.5. The molecule has 1 heterocycles. The average Bonchev–Trinajstić information content (AvgIpc) is 2.83. The summed E-state index contributed by atoms with van der Waals surface area (Å²) < 4.78 is 6.26. The molecule has 0 radical (unpaired) electrons. The minimum Gasteiger partial charge on any atom is -0.492 e. The first kappa shape index (κ1) is 14.5. The van der Waals surface area contributed by atoms with E-state index in [2.05, 4.69) is 9.97 Å². The van der Waals surface area contributed by atoms with Crippen LogP contribution >= 0.6 is 35.6 Å². The Morgan fingerprint density at radius 3 is 2.79 bits per heavy atom. The SMILES string of the molecule is S=c1[nH]cc(CSCC(Cl)COc2ccccc2)[nH]1. The van der Waals surface area contributed by atoms with Gasteiger partial charge in [-0.1, -0.05) is 18.2 Å². The van der Waals surface area contributed by atoms with Crippen molar-refractivity contribution in [3.8, 4) is 5.75 Å². The van der Waals surface area contributed by atoms with E-state index < -0.39 is 0 Å². The van der Waals surface area contributed by atoms with Gasteiger partial charge in [-0.05, 0) is 24.4 Å². The van der Waals surface area contributed by atoms with E-state index >= 15 is 0 Å². The Bertz CT molecular complexity index is 541. The number of H-pyrrole nitrogens is 2. The van der Waals surface area contributed by atoms with Gasteiger partial charge in [-0.15, -0.1) is 11.6 Å². The number of halogens is 1. The fourth-order valence-electron chi connectivity index (χ4n) is 1.50. The summed E-state index contributed by atoms with van der Waals surface area (Å²) in [5.74, 6) is 2.55. The molecule has 0 aliphatic heterocycles. The number of benzene rings is 1. The van der Waals surface area contributed by atoms with Crippen LogP contribution in [-0.4, -0.2) is 27.7 Å². The molecule has 2 aromatic rings. The highest BCUT2D eigenvalue weighted by Gasteiger charge is 2.06. The third kappa shape index (κ3) is 5.30. The molecule has 0 bridgehead atoms. The number of nitrogens with one attached hydrogen (secondary N) is 2. The van der Waals surface area contributed by atoms with Crippen LogP contribution < -0.4 is 4.74 Å². The van der Waals surface area contributed by atoms with Crippen LogP contribution in [0.4, 0.5) is 0 Å². The smallest absolute Gasteiger partial charge is 0.174 e. The number of hydrogen-bond donors (Lipinski definition) is 2. The number of ether oxygens (including phenoxy) is 1. The van der Waals surface area contributed by atoms with Crippen molar-refractivity contribution in [2.75, 3.05) is 12.4 Å². The van der Waals surface area contributed by atoms with Crippen LogP contribution in [0.2, 0.25) is 0 Å². The van der Waals surface area contributed by atoms with E-state index in [4.69, 9.17) is 28.6 Å². The van der Waals surface area contributed by atoms with Crippen molar-refractivity contribution < 1.29 is 4.74 Å². The number of thioether (sulfide) groups is 1. The van der Waals surface area contributed by atoms with Gasteiger partial charge < -0.3 is 14.7 Å². The quantitative estimate of drug-likeness (QED) is 0.599. The normalized spacial score (nSPS) is 12.3. The Hall–Kier alpha value is -0.910. The summed E-state index contributed by atoms with van der Waals surface area (Å²) in [5.41, 5.74) is 1.09. The van der Waals surface area contributed by atoms with E-state index in [9.17, 15) is 0 Å². The van der Waals surface area contributed by atoms with Gasteiger partial charge in [0, 0.05) is 23.4 Å². The molecule has 2 N–H and O–H groups in total. The lowest BCUT2D eigenvalue weighted by Crippen LogP contribution is -2.14. The second-order valence-electron chi connectivity index (χ2n) is 4.00. The number of para-hydroxylation sites is 1. The molecular weight excluding hydrogens is 300 g/mol. The average molecular weight is 315 g/mol. The first-order valence-corrected chi connectivity index (χ1v) is 7.90. The van der Waals surface area contributed by atoms with Crippen LogP contribution in [0.3, 0.4) is 0 Å². The molecule has 0 saturated carbocycles. The Morgan fingerprint density at radius 1 is 1.32 bits per heavy atom. The fraction of sp³-hybridized carbons (Fsp3) is 0.308. The van der Waals surface area contributed by atoms with Gasteiger partial charge in [0.05, 0.1) is 5.38 Å². The summed E-state index contributed by atoms with van der Waals surface area (Å²) in [5, 5.41) is -0.00730. The predicted molar refractivity (Wildman–Crippen MR) is 83.7 cm³/mol. The molecule has 6 heteroatoms. The molecule has 0 amide bonds. The maximum absolute atomic E-state index is 6.22. The van der Waals surface area contributed by atoms with Crippen molar-refractivity contribution in [1.82, 2.24) is 9.97 Å². The minimum atomic E-state index is -0.00730. The molecule has 1 unspecified atom stereocenters. The molecular formula is C13H15ClN2OS2. The Kier molecular flexibility index (Phi) is 5.82. The number of aromatic nitrogens is 2. The van der Waals surface area contributed by atoms with E-state index in [1.54, 1.807) is 11.8 Å². The van der Waals surface area contributed by atoms with Gasteiger partial charge >= 0.3 is 0 Å². The van der Waals surface area contributed by atoms with Gasteiger partial charge in [0.25, 0.3) is 0 Å². The zero-order valence-electron chi connectivity index (χ0n) is 10.3. The number of alkyl halides is 1. The molecule has 1 atom stereocenters. The summed E-state index contributed by atoms with van der Waals surface area (Å²) in [4.78, 5) is 6.01. The highest BCUT2D eigenvalue weighted by molar-refractivity contribution is 7.98. The van der Waals surface area contributed by atoms with E-state index in [-0.39, 0.29) is 5.38 Å². The van der Waals surface area contributed by atoms with Gasteiger partial charge in [-0.3, -0.25) is 0 Å². The maximum atomic E-state index is 6.22. The molecule has 0 aliphatic carbocycles. The minimum absolute atomic E-state index is 0.00730. The summed E-state index contributed by atoms with van der Waals surface area (Å²) >= 11 is 12.9. The number of aromatic amines is 2. The van der Waals surface area contributed by atoms with Gasteiger partial charge in [0.2, 0.25) is 0 Å². The molecule has 0 spiro atoms. The Labute approximate surface area is 126 Å². The zero-order valence-corrected chi connectivity index (χ0v) is 12.7. The first-order valence-electron chi connectivity index (χ1n) is 5.90. The van der Waals surface area contributed by atoms with E-state index in [1.807, 2.05) is 36.5 Å². The van der Waals surface area contributed by atoms with Gasteiger partial charge in [0.1, 0.15) is 12.4 Å². The fourth-order valence-corrected chi connectivity index (χ4v) is 2.86. The van der Waals surface area contributed by atoms with Crippen molar-refractivity contribution in [3.05, 3.63) is 47.0 Å². The third-order valence-corrected chi connectivity index (χ3v) is 4.22. The number of rotatable bonds is 7. The standard InChI is InChI=1S/C13H15ClN2OS2/c14-10(7-17-12-4-2-1-3-5-12)8-19-9-11-6-15-13(18)16-11/h1-6,10H,7-9H2,(H2,15,16,18). The van der Waals surface area contributed by atoms with Gasteiger partial charge in [-0.2, -0.15) is 11.8 Å².